The van der Waals surface area contributed by atoms with Gasteiger partial charge in [0, 0.05) is 12.1 Å². The molecule has 4 atom stereocenters. The molecule has 0 radical (unpaired) electrons. The Kier molecular flexibility index (Phi) is 22.3. The lowest BCUT2D eigenvalue weighted by Gasteiger charge is -2.08. The maximum Gasteiger partial charge on any atom is 0.0872 e. The Morgan fingerprint density at radius 2 is 0.824 bits per heavy atom. The molecule has 4 heteroatoms. The van der Waals surface area contributed by atoms with E-state index < -0.39 is 12.2 Å². The maximum atomic E-state index is 9.56. The minimum atomic E-state index is -0.581. The molecule has 4 unspecified atom stereocenters. The van der Waals surface area contributed by atoms with E-state index in [2.05, 4.69) is 66.8 Å². The van der Waals surface area contributed by atoms with Crippen LogP contribution in [0, 0.1) is 0 Å². The standard InChI is InChI=1S/C30H48N2O2/c1-27(31)29(33)25-23-21-19-17-15-13-11-9-7-5-3-4-6-8-10-12-14-16-18-20-22-24-26-30(34)28(2)32/h3,5-6,8-9,11-12,14-15,17,20,22-30,33-34H,4,7,10,13,16,18-19,21,31-32H2,1-2H3/b5-3-,8-6-,11-9-,14-12-,17-15-,22-20+,25-23+,26-24+. The smallest absolute Gasteiger partial charge is 0.0872 e. The van der Waals surface area contributed by atoms with Gasteiger partial charge in [-0.2, -0.15) is 0 Å². The van der Waals surface area contributed by atoms with E-state index in [4.69, 9.17) is 11.5 Å². The van der Waals surface area contributed by atoms with Crippen LogP contribution >= 0.6 is 0 Å². The summed E-state index contributed by atoms with van der Waals surface area (Å²) in [5.41, 5.74) is 11.2. The molecule has 34 heavy (non-hydrogen) atoms. The molecule has 190 valence electrons. The fourth-order valence-corrected chi connectivity index (χ4v) is 2.64. The van der Waals surface area contributed by atoms with Crippen LogP contribution < -0.4 is 11.5 Å². The number of aliphatic hydroxyl groups is 2. The van der Waals surface area contributed by atoms with Crippen molar-refractivity contribution in [3.63, 3.8) is 0 Å². The van der Waals surface area contributed by atoms with Crippen molar-refractivity contribution in [1.82, 2.24) is 0 Å². The number of hydrogen-bond donors (Lipinski definition) is 4. The lowest BCUT2D eigenvalue weighted by Crippen LogP contribution is -2.29. The summed E-state index contributed by atoms with van der Waals surface area (Å²) >= 11 is 0. The first-order chi connectivity index (χ1) is 16.4. The molecule has 0 aromatic heterocycles. The quantitative estimate of drug-likeness (QED) is 0.107. The Morgan fingerprint density at radius 3 is 1.26 bits per heavy atom. The van der Waals surface area contributed by atoms with Crippen LogP contribution in [0.2, 0.25) is 0 Å². The van der Waals surface area contributed by atoms with E-state index in [1.54, 1.807) is 26.0 Å². The maximum absolute atomic E-state index is 9.56. The highest BCUT2D eigenvalue weighted by molar-refractivity contribution is 5.07. The summed E-state index contributed by atoms with van der Waals surface area (Å²) in [6, 6.07) is -0.454. The Balaban J connectivity index is 3.65. The molecule has 0 aliphatic rings. The van der Waals surface area contributed by atoms with E-state index >= 15 is 0 Å². The number of rotatable bonds is 19. The van der Waals surface area contributed by atoms with Crippen LogP contribution in [0.3, 0.4) is 0 Å². The van der Waals surface area contributed by atoms with Crippen molar-refractivity contribution in [2.75, 3.05) is 0 Å². The van der Waals surface area contributed by atoms with E-state index in [-0.39, 0.29) is 12.1 Å². The zero-order chi connectivity index (χ0) is 25.3. The molecule has 0 saturated heterocycles. The predicted molar refractivity (Wildman–Crippen MR) is 149 cm³/mol. The van der Waals surface area contributed by atoms with Gasteiger partial charge in [-0.25, -0.2) is 0 Å². The predicted octanol–water partition coefficient (Wildman–Crippen LogP) is 5.97. The highest BCUT2D eigenvalue weighted by atomic mass is 16.3. The van der Waals surface area contributed by atoms with Gasteiger partial charge in [-0.05, 0) is 65.2 Å². The molecule has 0 aromatic rings. The first-order valence-corrected chi connectivity index (χ1v) is 12.6. The van der Waals surface area contributed by atoms with E-state index in [9.17, 15) is 10.2 Å². The normalized spacial score (nSPS) is 17.2. The summed E-state index contributed by atoms with van der Waals surface area (Å²) < 4.78 is 0. The molecule has 0 aliphatic heterocycles. The van der Waals surface area contributed by atoms with Gasteiger partial charge in [-0.1, -0.05) is 97.2 Å². The summed E-state index contributed by atoms with van der Waals surface area (Å²) in [6.07, 6.45) is 39.9. The highest BCUT2D eigenvalue weighted by Crippen LogP contribution is 2.00. The van der Waals surface area contributed by atoms with Crippen LogP contribution in [-0.2, 0) is 0 Å². The number of allylic oxidation sites excluding steroid dienone is 14. The van der Waals surface area contributed by atoms with Crippen molar-refractivity contribution < 1.29 is 10.2 Å². The Bertz CT molecular complexity index is 695. The van der Waals surface area contributed by atoms with Gasteiger partial charge in [0.1, 0.15) is 0 Å². The largest absolute Gasteiger partial charge is 0.387 e. The summed E-state index contributed by atoms with van der Waals surface area (Å²) in [4.78, 5) is 0. The third kappa shape index (κ3) is 22.9. The molecular weight excluding hydrogens is 420 g/mol. The van der Waals surface area contributed by atoms with Crippen molar-refractivity contribution >= 4 is 0 Å². The topological polar surface area (TPSA) is 92.5 Å². The molecular formula is C30H48N2O2. The zero-order valence-corrected chi connectivity index (χ0v) is 21.3. The lowest BCUT2D eigenvalue weighted by molar-refractivity contribution is 0.198. The summed E-state index contributed by atoms with van der Waals surface area (Å²) in [7, 11) is 0. The van der Waals surface area contributed by atoms with Gasteiger partial charge in [0.25, 0.3) is 0 Å². The van der Waals surface area contributed by atoms with Crippen molar-refractivity contribution in [2.45, 2.75) is 89.5 Å². The molecule has 0 bridgehead atoms. The molecule has 0 rings (SSSR count). The van der Waals surface area contributed by atoms with E-state index in [1.165, 1.54) is 0 Å². The van der Waals surface area contributed by atoms with Crippen LogP contribution in [0.25, 0.3) is 0 Å². The minimum Gasteiger partial charge on any atom is -0.387 e. The van der Waals surface area contributed by atoms with Crippen LogP contribution in [0.15, 0.2) is 97.2 Å². The zero-order valence-electron chi connectivity index (χ0n) is 21.3. The fraction of sp³-hybridized carbons (Fsp3) is 0.467. The van der Waals surface area contributed by atoms with E-state index in [1.807, 2.05) is 18.2 Å². The third-order valence-electron chi connectivity index (χ3n) is 4.89. The third-order valence-corrected chi connectivity index (χ3v) is 4.89. The summed E-state index contributed by atoms with van der Waals surface area (Å²) in [5.74, 6) is 0. The van der Waals surface area contributed by atoms with Gasteiger partial charge in [0.2, 0.25) is 0 Å². The van der Waals surface area contributed by atoms with Crippen molar-refractivity contribution in [2.24, 2.45) is 11.5 Å². The van der Waals surface area contributed by atoms with Crippen LogP contribution in [-0.4, -0.2) is 34.5 Å². The van der Waals surface area contributed by atoms with Crippen LogP contribution in [0.1, 0.15) is 65.2 Å². The second-order valence-electron chi connectivity index (χ2n) is 8.40. The van der Waals surface area contributed by atoms with Crippen molar-refractivity contribution in [3.05, 3.63) is 97.2 Å². The average Bonchev–Trinajstić information content (AvgIpc) is 2.81. The van der Waals surface area contributed by atoms with Crippen LogP contribution in [0.5, 0.6) is 0 Å². The molecule has 0 amide bonds. The van der Waals surface area contributed by atoms with Gasteiger partial charge < -0.3 is 21.7 Å². The molecule has 0 aliphatic carbocycles. The van der Waals surface area contributed by atoms with Crippen molar-refractivity contribution in [3.8, 4) is 0 Å². The number of unbranched alkanes of at least 4 members (excludes halogenated alkanes) is 2. The van der Waals surface area contributed by atoms with E-state index in [0.29, 0.717) is 0 Å². The molecule has 0 heterocycles. The molecule has 4 nitrogen and oxygen atoms in total. The Labute approximate surface area is 208 Å². The number of nitrogens with two attached hydrogens (primary N) is 2. The number of aliphatic hydroxyl groups excluding tert-OH is 2. The minimum absolute atomic E-state index is 0.217. The average molecular weight is 469 g/mol. The SMILES string of the molecule is CC(N)C(O)/C=C/C=C/CC/C=C\C/C=C\C/C=C\C/C=C\C/C=C\CC/C=C/C(O)C(C)N. The molecule has 0 spiro atoms. The monoisotopic (exact) mass is 468 g/mol. The first kappa shape index (κ1) is 31.8. The van der Waals surface area contributed by atoms with E-state index in [0.717, 1.165) is 51.4 Å². The molecule has 0 fully saturated rings. The fourth-order valence-electron chi connectivity index (χ4n) is 2.64. The van der Waals surface area contributed by atoms with Crippen molar-refractivity contribution in [1.29, 1.82) is 0 Å². The molecule has 6 N–H and O–H groups in total. The van der Waals surface area contributed by atoms with Gasteiger partial charge >= 0.3 is 0 Å². The van der Waals surface area contributed by atoms with Gasteiger partial charge in [0.05, 0.1) is 12.2 Å². The molecule has 0 aromatic carbocycles. The van der Waals surface area contributed by atoms with Gasteiger partial charge in [-0.15, -0.1) is 0 Å². The number of hydrogen-bond acceptors (Lipinski definition) is 4. The lowest BCUT2D eigenvalue weighted by atomic mass is 10.1. The Hall–Kier alpha value is -2.24. The molecule has 0 saturated carbocycles. The second kappa shape index (κ2) is 23.9. The highest BCUT2D eigenvalue weighted by Gasteiger charge is 2.03. The first-order valence-electron chi connectivity index (χ1n) is 12.6. The van der Waals surface area contributed by atoms with Gasteiger partial charge in [0.15, 0.2) is 0 Å². The van der Waals surface area contributed by atoms with Gasteiger partial charge in [-0.3, -0.25) is 0 Å². The van der Waals surface area contributed by atoms with Crippen LogP contribution in [0.4, 0.5) is 0 Å². The second-order valence-corrected chi connectivity index (χ2v) is 8.40. The summed E-state index contributed by atoms with van der Waals surface area (Å²) in [5, 5.41) is 19.1. The Morgan fingerprint density at radius 1 is 0.471 bits per heavy atom. The summed E-state index contributed by atoms with van der Waals surface area (Å²) in [6.45, 7) is 3.59.